The van der Waals surface area contributed by atoms with Gasteiger partial charge in [-0.1, -0.05) is 11.6 Å². The molecular formula is C13H16ClNO5S. The lowest BCUT2D eigenvalue weighted by Crippen LogP contribution is -2.42. The van der Waals surface area contributed by atoms with Crippen molar-refractivity contribution in [2.45, 2.75) is 19.4 Å². The molecule has 0 aromatic heterocycles. The largest absolute Gasteiger partial charge is 0.480 e. The molecule has 0 spiro atoms. The van der Waals surface area contributed by atoms with Crippen molar-refractivity contribution < 1.29 is 23.1 Å². The van der Waals surface area contributed by atoms with Gasteiger partial charge in [0.1, 0.15) is 15.9 Å². The van der Waals surface area contributed by atoms with Crippen molar-refractivity contribution in [2.24, 2.45) is 0 Å². The number of sulfone groups is 1. The van der Waals surface area contributed by atoms with Crippen molar-refractivity contribution in [3.63, 3.8) is 0 Å². The number of carboxylic acids is 1. The summed E-state index contributed by atoms with van der Waals surface area (Å²) in [7, 11) is -3.30. The second kappa shape index (κ2) is 6.91. The van der Waals surface area contributed by atoms with Crippen molar-refractivity contribution >= 4 is 33.3 Å². The molecule has 1 aromatic rings. The van der Waals surface area contributed by atoms with Gasteiger partial charge in [-0.3, -0.25) is 4.79 Å². The number of halogens is 1. The minimum absolute atomic E-state index is 0.188. The zero-order valence-corrected chi connectivity index (χ0v) is 13.2. The number of aryl methyl sites for hydroxylation is 1. The van der Waals surface area contributed by atoms with Gasteiger partial charge in [-0.25, -0.2) is 13.2 Å². The van der Waals surface area contributed by atoms with Crippen LogP contribution in [0.2, 0.25) is 5.02 Å². The van der Waals surface area contributed by atoms with Crippen LogP contribution in [0.15, 0.2) is 18.2 Å². The van der Waals surface area contributed by atoms with Crippen molar-refractivity contribution in [1.82, 2.24) is 5.32 Å². The Kier molecular flexibility index (Phi) is 5.74. The fourth-order valence-corrected chi connectivity index (χ4v) is 2.60. The molecule has 0 radical (unpaired) electrons. The van der Waals surface area contributed by atoms with Crippen LogP contribution in [0.1, 0.15) is 22.3 Å². The van der Waals surface area contributed by atoms with Gasteiger partial charge in [0.05, 0.1) is 5.75 Å². The van der Waals surface area contributed by atoms with Crippen LogP contribution in [-0.4, -0.2) is 43.5 Å². The van der Waals surface area contributed by atoms with Crippen LogP contribution in [-0.2, 0) is 14.6 Å². The summed E-state index contributed by atoms with van der Waals surface area (Å²) in [6.45, 7) is 1.67. The molecule has 2 N–H and O–H groups in total. The van der Waals surface area contributed by atoms with Gasteiger partial charge >= 0.3 is 5.97 Å². The molecule has 8 heteroatoms. The minimum atomic E-state index is -3.30. The number of hydrogen-bond donors (Lipinski definition) is 2. The van der Waals surface area contributed by atoms with Crippen molar-refractivity contribution in [1.29, 1.82) is 0 Å². The first-order chi connectivity index (χ1) is 9.60. The molecule has 116 valence electrons. The van der Waals surface area contributed by atoms with Gasteiger partial charge in [-0.05, 0) is 37.1 Å². The molecular weight excluding hydrogens is 318 g/mol. The molecule has 21 heavy (non-hydrogen) atoms. The van der Waals surface area contributed by atoms with E-state index in [1.807, 2.05) is 0 Å². The Morgan fingerprint density at radius 3 is 2.48 bits per heavy atom. The number of nitrogens with one attached hydrogen (secondary N) is 1. The van der Waals surface area contributed by atoms with Crippen molar-refractivity contribution in [3.8, 4) is 0 Å². The Labute approximate surface area is 128 Å². The molecule has 6 nitrogen and oxygen atoms in total. The zero-order valence-electron chi connectivity index (χ0n) is 11.6. The summed E-state index contributed by atoms with van der Waals surface area (Å²) in [5.74, 6) is -2.17. The zero-order chi connectivity index (χ0) is 16.2. The van der Waals surface area contributed by atoms with Crippen LogP contribution in [0.4, 0.5) is 0 Å². The van der Waals surface area contributed by atoms with Gasteiger partial charge in [0.2, 0.25) is 0 Å². The van der Waals surface area contributed by atoms with E-state index in [2.05, 4.69) is 5.32 Å². The Bertz CT molecular complexity index is 657. The van der Waals surface area contributed by atoms with Gasteiger partial charge < -0.3 is 10.4 Å². The van der Waals surface area contributed by atoms with Crippen molar-refractivity contribution in [2.75, 3.05) is 12.0 Å². The first kappa shape index (κ1) is 17.5. The second-order valence-electron chi connectivity index (χ2n) is 4.74. The van der Waals surface area contributed by atoms with E-state index >= 15 is 0 Å². The third-order valence-corrected chi connectivity index (χ3v) is 4.03. The second-order valence-corrected chi connectivity index (χ2v) is 7.44. The Balaban J connectivity index is 2.84. The van der Waals surface area contributed by atoms with Crippen LogP contribution in [0.3, 0.4) is 0 Å². The number of hydrogen-bond acceptors (Lipinski definition) is 4. The van der Waals surface area contributed by atoms with Gasteiger partial charge in [0.15, 0.2) is 0 Å². The molecule has 1 amide bonds. The third-order valence-electron chi connectivity index (χ3n) is 2.81. The molecule has 0 aliphatic carbocycles. The predicted molar refractivity (Wildman–Crippen MR) is 79.4 cm³/mol. The van der Waals surface area contributed by atoms with E-state index in [-0.39, 0.29) is 12.2 Å². The molecule has 1 unspecified atom stereocenters. The van der Waals surface area contributed by atoms with Gasteiger partial charge in [-0.15, -0.1) is 0 Å². The highest BCUT2D eigenvalue weighted by atomic mass is 35.5. The molecule has 0 aliphatic heterocycles. The summed E-state index contributed by atoms with van der Waals surface area (Å²) in [6, 6.07) is 3.34. The smallest absolute Gasteiger partial charge is 0.326 e. The summed E-state index contributed by atoms with van der Waals surface area (Å²) < 4.78 is 22.2. The first-order valence-corrected chi connectivity index (χ1v) is 8.51. The van der Waals surface area contributed by atoms with Crippen molar-refractivity contribution in [3.05, 3.63) is 34.3 Å². The van der Waals surface area contributed by atoms with Gasteiger partial charge in [-0.2, -0.15) is 0 Å². The number of carbonyl (C=O) groups excluding carboxylic acids is 1. The third kappa shape index (κ3) is 5.73. The number of rotatable bonds is 6. The summed E-state index contributed by atoms with van der Waals surface area (Å²) >= 11 is 5.79. The number of carbonyl (C=O) groups is 2. The Morgan fingerprint density at radius 1 is 1.38 bits per heavy atom. The molecule has 1 aromatic carbocycles. The molecule has 0 aliphatic rings. The fourth-order valence-electron chi connectivity index (χ4n) is 1.71. The number of benzene rings is 1. The number of carboxylic acid groups (broad SMARTS) is 1. The standard InChI is InChI=1S/C13H16ClNO5S/c1-8-7-9(14)3-4-10(8)12(16)15-11(13(17)18)5-6-21(2,19)20/h3-4,7,11H,5-6H2,1-2H3,(H,15,16)(H,17,18). The molecule has 0 saturated carbocycles. The van der Waals surface area contributed by atoms with Crippen LogP contribution >= 0.6 is 11.6 Å². The summed E-state index contributed by atoms with van der Waals surface area (Å²) in [6.07, 6.45) is 0.823. The maximum atomic E-state index is 12.0. The lowest BCUT2D eigenvalue weighted by atomic mass is 10.1. The quantitative estimate of drug-likeness (QED) is 0.816. The van der Waals surface area contributed by atoms with E-state index in [9.17, 15) is 18.0 Å². The maximum Gasteiger partial charge on any atom is 0.326 e. The van der Waals surface area contributed by atoms with Gasteiger partial charge in [0.25, 0.3) is 5.91 Å². The summed E-state index contributed by atoms with van der Waals surface area (Å²) in [5.41, 5.74) is 0.900. The predicted octanol–water partition coefficient (Wildman–Crippen LogP) is 1.27. The molecule has 1 rings (SSSR count). The summed E-state index contributed by atoms with van der Waals surface area (Å²) in [4.78, 5) is 23.1. The highest BCUT2D eigenvalue weighted by Gasteiger charge is 2.22. The molecule has 0 heterocycles. The normalized spacial score (nSPS) is 12.7. The van der Waals surface area contributed by atoms with Crippen LogP contribution in [0.25, 0.3) is 0 Å². The number of amides is 1. The topological polar surface area (TPSA) is 101 Å². The van der Waals surface area contributed by atoms with Crippen LogP contribution in [0.5, 0.6) is 0 Å². The van der Waals surface area contributed by atoms with E-state index < -0.39 is 27.8 Å². The summed E-state index contributed by atoms with van der Waals surface area (Å²) in [5, 5.41) is 11.8. The van der Waals surface area contributed by atoms with Gasteiger partial charge in [0, 0.05) is 16.8 Å². The molecule has 0 bridgehead atoms. The maximum absolute atomic E-state index is 12.0. The highest BCUT2D eigenvalue weighted by molar-refractivity contribution is 7.90. The van der Waals surface area contributed by atoms with Crippen LogP contribution < -0.4 is 5.32 Å². The fraction of sp³-hybridized carbons (Fsp3) is 0.385. The van der Waals surface area contributed by atoms with E-state index in [0.717, 1.165) is 6.26 Å². The highest BCUT2D eigenvalue weighted by Crippen LogP contribution is 2.15. The average Bonchev–Trinajstić information content (AvgIpc) is 2.32. The molecule has 0 saturated heterocycles. The average molecular weight is 334 g/mol. The lowest BCUT2D eigenvalue weighted by Gasteiger charge is -2.15. The number of aliphatic carboxylic acids is 1. The van der Waals surface area contributed by atoms with E-state index in [4.69, 9.17) is 16.7 Å². The monoisotopic (exact) mass is 333 g/mol. The van der Waals surface area contributed by atoms with E-state index in [1.165, 1.54) is 12.1 Å². The molecule has 1 atom stereocenters. The van der Waals surface area contributed by atoms with Crippen LogP contribution in [0, 0.1) is 6.92 Å². The SMILES string of the molecule is Cc1cc(Cl)ccc1C(=O)NC(CCS(C)(=O)=O)C(=O)O. The van der Waals surface area contributed by atoms with E-state index in [1.54, 1.807) is 13.0 Å². The Hall–Kier alpha value is -1.60. The first-order valence-electron chi connectivity index (χ1n) is 6.07. The minimum Gasteiger partial charge on any atom is -0.480 e. The molecule has 0 fully saturated rings. The van der Waals surface area contributed by atoms with E-state index in [0.29, 0.717) is 16.1 Å². The lowest BCUT2D eigenvalue weighted by molar-refractivity contribution is -0.139. The Morgan fingerprint density at radius 2 is 2.00 bits per heavy atom.